The SMILES string of the molecule is CCOC(=O)/C=C(\C)NC(=O)c1nn(CC)cc1Cl. The van der Waals surface area contributed by atoms with E-state index >= 15 is 0 Å². The largest absolute Gasteiger partial charge is 0.463 e. The lowest BCUT2D eigenvalue weighted by Gasteiger charge is -2.03. The highest BCUT2D eigenvalue weighted by atomic mass is 35.5. The molecule has 1 N–H and O–H groups in total. The number of nitrogens with one attached hydrogen (secondary N) is 1. The van der Waals surface area contributed by atoms with E-state index in [2.05, 4.69) is 10.4 Å². The fourth-order valence-corrected chi connectivity index (χ4v) is 1.58. The number of hydrogen-bond donors (Lipinski definition) is 1. The molecule has 1 heterocycles. The first-order valence-corrected chi connectivity index (χ1v) is 6.25. The maximum absolute atomic E-state index is 11.9. The molecule has 1 aromatic rings. The summed E-state index contributed by atoms with van der Waals surface area (Å²) in [7, 11) is 0. The van der Waals surface area contributed by atoms with Crippen molar-refractivity contribution in [2.24, 2.45) is 0 Å². The molecule has 0 aliphatic rings. The van der Waals surface area contributed by atoms with Crippen LogP contribution in [0.15, 0.2) is 18.0 Å². The molecule has 104 valence electrons. The van der Waals surface area contributed by atoms with Gasteiger partial charge in [0.2, 0.25) is 0 Å². The first kappa shape index (κ1) is 15.2. The Balaban J connectivity index is 2.73. The zero-order valence-corrected chi connectivity index (χ0v) is 11.8. The summed E-state index contributed by atoms with van der Waals surface area (Å²) in [4.78, 5) is 23.1. The highest BCUT2D eigenvalue weighted by Crippen LogP contribution is 2.13. The van der Waals surface area contributed by atoms with Crippen LogP contribution in [0.5, 0.6) is 0 Å². The monoisotopic (exact) mass is 285 g/mol. The number of halogens is 1. The molecule has 0 aliphatic carbocycles. The van der Waals surface area contributed by atoms with Gasteiger partial charge in [-0.1, -0.05) is 11.6 Å². The first-order valence-electron chi connectivity index (χ1n) is 5.87. The lowest BCUT2D eigenvalue weighted by atomic mass is 10.3. The van der Waals surface area contributed by atoms with Crippen molar-refractivity contribution >= 4 is 23.5 Å². The van der Waals surface area contributed by atoms with E-state index < -0.39 is 11.9 Å². The van der Waals surface area contributed by atoms with Gasteiger partial charge in [-0.3, -0.25) is 9.48 Å². The first-order chi connectivity index (χ1) is 8.97. The Morgan fingerprint density at radius 2 is 2.21 bits per heavy atom. The number of aryl methyl sites for hydroxylation is 1. The molecule has 0 unspecified atom stereocenters. The summed E-state index contributed by atoms with van der Waals surface area (Å²) < 4.78 is 6.29. The normalized spacial score (nSPS) is 11.3. The zero-order valence-electron chi connectivity index (χ0n) is 11.1. The molecule has 1 amide bonds. The quantitative estimate of drug-likeness (QED) is 0.661. The lowest BCUT2D eigenvalue weighted by molar-refractivity contribution is -0.137. The van der Waals surface area contributed by atoms with Crippen molar-refractivity contribution in [3.05, 3.63) is 28.7 Å². The van der Waals surface area contributed by atoms with Gasteiger partial charge in [-0.05, 0) is 20.8 Å². The molecule has 6 nitrogen and oxygen atoms in total. The summed E-state index contributed by atoms with van der Waals surface area (Å²) in [5, 5.41) is 6.82. The Morgan fingerprint density at radius 3 is 2.74 bits per heavy atom. The fraction of sp³-hybridized carbons (Fsp3) is 0.417. The minimum absolute atomic E-state index is 0.125. The van der Waals surface area contributed by atoms with E-state index in [0.717, 1.165) is 0 Å². The van der Waals surface area contributed by atoms with Crippen molar-refractivity contribution < 1.29 is 14.3 Å². The number of aromatic nitrogens is 2. The molecule has 7 heteroatoms. The number of carbonyl (C=O) groups is 2. The molecular weight excluding hydrogens is 270 g/mol. The minimum atomic E-state index is -0.509. The predicted octanol–water partition coefficient (Wildman–Crippen LogP) is 1.75. The summed E-state index contributed by atoms with van der Waals surface area (Å²) in [5.41, 5.74) is 0.491. The van der Waals surface area contributed by atoms with Crippen LogP contribution < -0.4 is 5.32 Å². The van der Waals surface area contributed by atoms with Gasteiger partial charge in [0.1, 0.15) is 0 Å². The van der Waals surface area contributed by atoms with E-state index in [1.54, 1.807) is 24.7 Å². The van der Waals surface area contributed by atoms with Gasteiger partial charge in [-0.2, -0.15) is 5.10 Å². The Hall–Kier alpha value is -1.82. The van der Waals surface area contributed by atoms with E-state index in [-0.39, 0.29) is 17.3 Å². The number of carbonyl (C=O) groups excluding carboxylic acids is 2. The number of hydrogen-bond acceptors (Lipinski definition) is 4. The molecule has 0 atom stereocenters. The smallest absolute Gasteiger partial charge is 0.332 e. The Morgan fingerprint density at radius 1 is 1.53 bits per heavy atom. The highest BCUT2D eigenvalue weighted by Gasteiger charge is 2.15. The van der Waals surface area contributed by atoms with Gasteiger partial charge in [0.25, 0.3) is 5.91 Å². The Labute approximate surface area is 116 Å². The molecule has 0 spiro atoms. The van der Waals surface area contributed by atoms with Crippen LogP contribution in [-0.2, 0) is 16.1 Å². The van der Waals surface area contributed by atoms with E-state index in [1.165, 1.54) is 6.08 Å². The molecule has 0 bridgehead atoms. The third-order valence-corrected chi connectivity index (χ3v) is 2.46. The second-order valence-electron chi connectivity index (χ2n) is 3.71. The van der Waals surface area contributed by atoms with Crippen LogP contribution in [0.2, 0.25) is 5.02 Å². The minimum Gasteiger partial charge on any atom is -0.463 e. The van der Waals surface area contributed by atoms with E-state index in [4.69, 9.17) is 16.3 Å². The van der Waals surface area contributed by atoms with Crippen molar-refractivity contribution in [1.29, 1.82) is 0 Å². The lowest BCUT2D eigenvalue weighted by Crippen LogP contribution is -2.23. The van der Waals surface area contributed by atoms with Crippen LogP contribution in [0.4, 0.5) is 0 Å². The van der Waals surface area contributed by atoms with E-state index in [0.29, 0.717) is 12.2 Å². The predicted molar refractivity (Wildman–Crippen MR) is 70.8 cm³/mol. The third-order valence-electron chi connectivity index (χ3n) is 2.19. The van der Waals surface area contributed by atoms with Gasteiger partial charge in [-0.15, -0.1) is 0 Å². The third kappa shape index (κ3) is 4.40. The van der Waals surface area contributed by atoms with Gasteiger partial charge < -0.3 is 10.1 Å². The van der Waals surface area contributed by atoms with Crippen molar-refractivity contribution in [3.8, 4) is 0 Å². The van der Waals surface area contributed by atoms with Crippen LogP contribution in [-0.4, -0.2) is 28.3 Å². The highest BCUT2D eigenvalue weighted by molar-refractivity contribution is 6.33. The summed E-state index contributed by atoms with van der Waals surface area (Å²) in [6, 6.07) is 0. The second-order valence-corrected chi connectivity index (χ2v) is 4.12. The van der Waals surface area contributed by atoms with Crippen molar-refractivity contribution in [2.75, 3.05) is 6.61 Å². The van der Waals surface area contributed by atoms with Gasteiger partial charge >= 0.3 is 5.97 Å². The molecule has 19 heavy (non-hydrogen) atoms. The average Bonchev–Trinajstić information content (AvgIpc) is 2.70. The molecule has 0 aromatic carbocycles. The summed E-state index contributed by atoms with van der Waals surface area (Å²) in [6.07, 6.45) is 2.77. The maximum Gasteiger partial charge on any atom is 0.332 e. The second kappa shape index (κ2) is 6.94. The summed E-state index contributed by atoms with van der Waals surface area (Å²) >= 11 is 5.90. The number of amides is 1. The van der Waals surface area contributed by atoms with E-state index in [1.807, 2.05) is 6.92 Å². The van der Waals surface area contributed by atoms with E-state index in [9.17, 15) is 9.59 Å². The van der Waals surface area contributed by atoms with Crippen molar-refractivity contribution in [1.82, 2.24) is 15.1 Å². The van der Waals surface area contributed by atoms with Gasteiger partial charge in [0.05, 0.1) is 11.6 Å². The topological polar surface area (TPSA) is 73.2 Å². The molecule has 1 aromatic heterocycles. The van der Waals surface area contributed by atoms with Gasteiger partial charge in [0, 0.05) is 24.5 Å². The Bertz CT molecular complexity index is 508. The maximum atomic E-state index is 11.9. The summed E-state index contributed by atoms with van der Waals surface area (Å²) in [6.45, 7) is 6.07. The van der Waals surface area contributed by atoms with Crippen LogP contribution >= 0.6 is 11.6 Å². The number of rotatable bonds is 5. The molecule has 0 saturated carbocycles. The zero-order chi connectivity index (χ0) is 14.4. The van der Waals surface area contributed by atoms with Gasteiger partial charge in [-0.25, -0.2) is 4.79 Å². The average molecular weight is 286 g/mol. The number of esters is 1. The molecule has 0 fully saturated rings. The van der Waals surface area contributed by atoms with Crippen LogP contribution in [0.1, 0.15) is 31.3 Å². The standard InChI is InChI=1S/C12H16ClN3O3/c1-4-16-7-9(13)11(15-16)12(18)14-8(3)6-10(17)19-5-2/h6-7H,4-5H2,1-3H3,(H,14,18)/b8-6+. The molecular formula is C12H16ClN3O3. The molecule has 0 saturated heterocycles. The number of allylic oxidation sites excluding steroid dienone is 1. The number of ether oxygens (including phenoxy) is 1. The fourth-order valence-electron chi connectivity index (χ4n) is 1.35. The summed E-state index contributed by atoms with van der Waals surface area (Å²) in [5.74, 6) is -0.972. The van der Waals surface area contributed by atoms with Crippen LogP contribution in [0.3, 0.4) is 0 Å². The molecule has 0 radical (unpaired) electrons. The van der Waals surface area contributed by atoms with Crippen molar-refractivity contribution in [2.45, 2.75) is 27.3 Å². The van der Waals surface area contributed by atoms with Crippen molar-refractivity contribution in [3.63, 3.8) is 0 Å². The molecule has 1 rings (SSSR count). The van der Waals surface area contributed by atoms with Gasteiger partial charge in [0.15, 0.2) is 5.69 Å². The van der Waals surface area contributed by atoms with Crippen LogP contribution in [0, 0.1) is 0 Å². The molecule has 0 aliphatic heterocycles. The Kier molecular flexibility index (Phi) is 5.57. The number of nitrogens with zero attached hydrogens (tertiary/aromatic N) is 2. The van der Waals surface area contributed by atoms with Crippen LogP contribution in [0.25, 0.3) is 0 Å².